The summed E-state index contributed by atoms with van der Waals surface area (Å²) in [5.74, 6) is -1.77. The second-order valence-corrected chi connectivity index (χ2v) is 7.15. The van der Waals surface area contributed by atoms with E-state index in [0.717, 1.165) is 0 Å². The second kappa shape index (κ2) is 8.00. The first-order valence-electron chi connectivity index (χ1n) is 8.24. The van der Waals surface area contributed by atoms with Gasteiger partial charge in [-0.1, -0.05) is 35.3 Å². The highest BCUT2D eigenvalue weighted by molar-refractivity contribution is 6.42. The van der Waals surface area contributed by atoms with Gasteiger partial charge in [0.1, 0.15) is 12.4 Å². The van der Waals surface area contributed by atoms with Crippen LogP contribution in [0.15, 0.2) is 30.5 Å². The molecule has 6 nitrogen and oxygen atoms in total. The minimum atomic E-state index is -4.50. The maximum absolute atomic E-state index is 12.5. The van der Waals surface area contributed by atoms with Crippen LogP contribution in [0.2, 0.25) is 10.0 Å². The molecule has 1 saturated heterocycles. The molecule has 1 fully saturated rings. The molecule has 2 heterocycles. The van der Waals surface area contributed by atoms with Crippen LogP contribution in [0.25, 0.3) is 0 Å². The van der Waals surface area contributed by atoms with E-state index in [1.165, 1.54) is 10.9 Å². The van der Waals surface area contributed by atoms with Crippen LogP contribution in [0.1, 0.15) is 12.0 Å². The summed E-state index contributed by atoms with van der Waals surface area (Å²) >= 11 is 12.2. The normalized spacial score (nSPS) is 17.2. The molecular formula is C17H15Cl2F3N4O2. The van der Waals surface area contributed by atoms with Crippen LogP contribution in [0.5, 0.6) is 0 Å². The molecule has 0 aliphatic carbocycles. The van der Waals surface area contributed by atoms with Crippen molar-refractivity contribution in [2.24, 2.45) is 5.92 Å². The third kappa shape index (κ3) is 4.77. The van der Waals surface area contributed by atoms with E-state index >= 15 is 0 Å². The van der Waals surface area contributed by atoms with E-state index in [1.54, 1.807) is 24.3 Å². The fourth-order valence-corrected chi connectivity index (χ4v) is 3.32. The van der Waals surface area contributed by atoms with Gasteiger partial charge in [0.15, 0.2) is 0 Å². The quantitative estimate of drug-likeness (QED) is 0.781. The minimum absolute atomic E-state index is 0.228. The summed E-state index contributed by atoms with van der Waals surface area (Å²) in [6.07, 6.45) is -3.31. The molecule has 1 unspecified atom stereocenters. The number of hydrogen-bond acceptors (Lipinski definition) is 3. The first-order chi connectivity index (χ1) is 13.1. The smallest absolute Gasteiger partial charge is 0.333 e. The number of carbonyl (C=O) groups is 2. The molecule has 0 bridgehead atoms. The van der Waals surface area contributed by atoms with Crippen molar-refractivity contribution < 1.29 is 22.8 Å². The summed E-state index contributed by atoms with van der Waals surface area (Å²) in [4.78, 5) is 24.8. The Morgan fingerprint density at radius 3 is 2.75 bits per heavy atom. The Bertz CT molecular complexity index is 901. The summed E-state index contributed by atoms with van der Waals surface area (Å²) in [6.45, 7) is -1.41. The zero-order chi connectivity index (χ0) is 20.5. The highest BCUT2D eigenvalue weighted by atomic mass is 35.5. The molecule has 0 radical (unpaired) electrons. The molecule has 3 rings (SSSR count). The molecule has 150 valence electrons. The van der Waals surface area contributed by atoms with Crippen LogP contribution in [0.3, 0.4) is 0 Å². The molecule has 1 aliphatic heterocycles. The maximum Gasteiger partial charge on any atom is 0.406 e. The van der Waals surface area contributed by atoms with Crippen molar-refractivity contribution in [3.8, 4) is 0 Å². The van der Waals surface area contributed by atoms with Crippen LogP contribution < -0.4 is 5.32 Å². The number of alkyl halides is 3. The topological polar surface area (TPSA) is 67.2 Å². The molecule has 0 saturated carbocycles. The van der Waals surface area contributed by atoms with Crippen molar-refractivity contribution >= 4 is 40.8 Å². The van der Waals surface area contributed by atoms with Crippen LogP contribution in [0, 0.1) is 5.92 Å². The number of halogens is 5. The number of carbonyl (C=O) groups excluding carboxylic acids is 2. The van der Waals surface area contributed by atoms with Gasteiger partial charge < -0.3 is 10.2 Å². The Morgan fingerprint density at radius 1 is 1.29 bits per heavy atom. The number of nitrogens with one attached hydrogen (secondary N) is 1. The second-order valence-electron chi connectivity index (χ2n) is 6.37. The number of amides is 2. The average molecular weight is 435 g/mol. The van der Waals surface area contributed by atoms with E-state index in [1.807, 2.05) is 0 Å². The van der Waals surface area contributed by atoms with Gasteiger partial charge in [-0.25, -0.2) is 4.68 Å². The monoisotopic (exact) mass is 434 g/mol. The number of anilines is 1. The van der Waals surface area contributed by atoms with Gasteiger partial charge in [-0.05, 0) is 11.6 Å². The van der Waals surface area contributed by atoms with Gasteiger partial charge in [-0.2, -0.15) is 18.3 Å². The number of likely N-dealkylation sites (tertiary alicyclic amines) is 1. The van der Waals surface area contributed by atoms with E-state index in [2.05, 4.69) is 10.4 Å². The molecule has 1 aliphatic rings. The Hall–Kier alpha value is -2.26. The largest absolute Gasteiger partial charge is 0.406 e. The lowest BCUT2D eigenvalue weighted by Gasteiger charge is -2.18. The molecule has 1 atom stereocenters. The fraction of sp³-hybridized carbons (Fsp3) is 0.353. The lowest BCUT2D eigenvalue weighted by Crippen LogP contribution is -2.36. The van der Waals surface area contributed by atoms with Crippen molar-refractivity contribution in [3.05, 3.63) is 46.1 Å². The van der Waals surface area contributed by atoms with Crippen LogP contribution >= 0.6 is 23.2 Å². The van der Waals surface area contributed by atoms with Crippen molar-refractivity contribution in [2.45, 2.75) is 19.1 Å². The summed E-state index contributed by atoms with van der Waals surface area (Å²) in [7, 11) is 0. The van der Waals surface area contributed by atoms with Gasteiger partial charge in [0, 0.05) is 19.0 Å². The van der Waals surface area contributed by atoms with E-state index in [0.29, 0.717) is 26.3 Å². The number of hydrogen-bond donors (Lipinski definition) is 1. The lowest BCUT2D eigenvalue weighted by atomic mass is 10.1. The number of rotatable bonds is 5. The highest BCUT2D eigenvalue weighted by Crippen LogP contribution is 2.27. The SMILES string of the molecule is O=C(Nc1ccnn1Cc1cccc(Cl)c1Cl)C1CC(=O)N(CC(F)(F)F)C1. The number of benzene rings is 1. The molecule has 1 aromatic carbocycles. The van der Waals surface area contributed by atoms with E-state index < -0.39 is 30.5 Å². The molecule has 11 heteroatoms. The van der Waals surface area contributed by atoms with Crippen molar-refractivity contribution in [2.75, 3.05) is 18.4 Å². The first-order valence-corrected chi connectivity index (χ1v) is 9.00. The van der Waals surface area contributed by atoms with Gasteiger partial charge in [0.25, 0.3) is 0 Å². The summed E-state index contributed by atoms with van der Waals surface area (Å²) in [5, 5.41) is 7.47. The molecule has 28 heavy (non-hydrogen) atoms. The maximum atomic E-state index is 12.5. The standard InChI is InChI=1S/C17H15Cl2F3N4O2/c18-12-3-1-2-10(15(12)19)8-26-13(4-5-23-26)24-16(28)11-6-14(27)25(7-11)9-17(20,21)22/h1-5,11H,6-9H2,(H,24,28). The minimum Gasteiger partial charge on any atom is -0.333 e. The average Bonchev–Trinajstić information content (AvgIpc) is 3.17. The van der Waals surface area contributed by atoms with Gasteiger partial charge in [0.05, 0.1) is 28.7 Å². The van der Waals surface area contributed by atoms with Gasteiger partial charge in [-0.3, -0.25) is 9.59 Å². The van der Waals surface area contributed by atoms with E-state index in [-0.39, 0.29) is 19.5 Å². The Morgan fingerprint density at radius 2 is 2.04 bits per heavy atom. The lowest BCUT2D eigenvalue weighted by molar-refractivity contribution is -0.157. The molecule has 0 spiro atoms. The molecule has 1 N–H and O–H groups in total. The Kier molecular flexibility index (Phi) is 5.85. The van der Waals surface area contributed by atoms with Gasteiger partial charge in [-0.15, -0.1) is 0 Å². The predicted octanol–water partition coefficient (Wildman–Crippen LogP) is 3.59. The van der Waals surface area contributed by atoms with Crippen molar-refractivity contribution in [1.29, 1.82) is 0 Å². The fourth-order valence-electron chi connectivity index (χ4n) is 2.94. The molecule has 2 aromatic rings. The van der Waals surface area contributed by atoms with E-state index in [9.17, 15) is 22.8 Å². The summed E-state index contributed by atoms with van der Waals surface area (Å²) in [6, 6.07) is 6.67. The van der Waals surface area contributed by atoms with E-state index in [4.69, 9.17) is 23.2 Å². The van der Waals surface area contributed by atoms with Crippen LogP contribution in [0.4, 0.5) is 19.0 Å². The third-order valence-corrected chi connectivity index (χ3v) is 5.13. The zero-order valence-electron chi connectivity index (χ0n) is 14.3. The molecule has 1 aromatic heterocycles. The Labute approximate surface area is 168 Å². The van der Waals surface area contributed by atoms with Crippen molar-refractivity contribution in [3.63, 3.8) is 0 Å². The van der Waals surface area contributed by atoms with Gasteiger partial charge >= 0.3 is 6.18 Å². The summed E-state index contributed by atoms with van der Waals surface area (Å²) < 4.78 is 39.0. The third-order valence-electron chi connectivity index (χ3n) is 4.27. The first kappa shape index (κ1) is 20.5. The highest BCUT2D eigenvalue weighted by Gasteiger charge is 2.40. The number of aromatic nitrogens is 2. The van der Waals surface area contributed by atoms with Crippen molar-refractivity contribution in [1.82, 2.24) is 14.7 Å². The molecular weight excluding hydrogens is 420 g/mol. The predicted molar refractivity (Wildman–Crippen MR) is 97.2 cm³/mol. The summed E-state index contributed by atoms with van der Waals surface area (Å²) in [5.41, 5.74) is 0.681. The van der Waals surface area contributed by atoms with Crippen LogP contribution in [-0.2, 0) is 16.1 Å². The Balaban J connectivity index is 1.67. The molecule has 2 amide bonds. The number of nitrogens with zero attached hydrogens (tertiary/aromatic N) is 3. The van der Waals surface area contributed by atoms with Gasteiger partial charge in [0.2, 0.25) is 11.8 Å². The zero-order valence-corrected chi connectivity index (χ0v) is 15.9. The van der Waals surface area contributed by atoms with Crippen LogP contribution in [-0.4, -0.2) is 45.8 Å².